The molecule has 4 nitrogen and oxygen atoms in total. The molecule has 0 aliphatic carbocycles. The quantitative estimate of drug-likeness (QED) is 0.469. The Morgan fingerprint density at radius 2 is 0.300 bits per heavy atom. The van der Waals surface area contributed by atoms with Gasteiger partial charge in [-0.05, 0) is 0 Å². The van der Waals surface area contributed by atoms with Crippen molar-refractivity contribution in [3.63, 3.8) is 0 Å². The summed E-state index contributed by atoms with van der Waals surface area (Å²) in [7, 11) is 0. The van der Waals surface area contributed by atoms with Crippen LogP contribution in [0.4, 0.5) is 0 Å². The molecule has 0 spiro atoms. The number of rotatable bonds is 0. The molecule has 10 heteroatoms. The van der Waals surface area contributed by atoms with Crippen LogP contribution in [0.3, 0.4) is 0 Å². The van der Waals surface area contributed by atoms with Crippen LogP contribution in [0, 0.1) is 0 Å². The van der Waals surface area contributed by atoms with Gasteiger partial charge in [-0.3, -0.25) is 0 Å². The van der Waals surface area contributed by atoms with Crippen LogP contribution in [0.15, 0.2) is 0 Å². The van der Waals surface area contributed by atoms with Gasteiger partial charge in [-0.2, -0.15) is 0 Å². The van der Waals surface area contributed by atoms with Crippen LogP contribution in [-0.4, -0.2) is 0 Å². The van der Waals surface area contributed by atoms with E-state index < -0.39 is 0 Å². The molecule has 0 unspecified atom stereocenters. The van der Waals surface area contributed by atoms with Gasteiger partial charge >= 0.3 is 65.2 Å². The van der Waals surface area contributed by atoms with Crippen molar-refractivity contribution in [2.24, 2.45) is 0 Å². The zero-order valence-corrected chi connectivity index (χ0v) is 16.8. The topological polar surface area (TPSA) is 122 Å². The van der Waals surface area contributed by atoms with Crippen LogP contribution in [0.1, 0.15) is 0 Å². The van der Waals surface area contributed by atoms with Crippen molar-refractivity contribution in [2.75, 3.05) is 0 Å². The Labute approximate surface area is 165 Å². The minimum absolute atomic E-state index is 0. The van der Waals surface area contributed by atoms with Crippen molar-refractivity contribution in [1.29, 1.82) is 0 Å². The van der Waals surface area contributed by atoms with E-state index in [1.807, 2.05) is 0 Å². The van der Waals surface area contributed by atoms with E-state index in [1.165, 1.54) is 0 Å². The predicted octanol–water partition coefficient (Wildman–Crippen LogP) is 1.14. The van der Waals surface area contributed by atoms with Crippen molar-refractivity contribution < 1.29 is 144 Å². The predicted molar refractivity (Wildman–Crippen MR) is 13.4 cm³/mol. The van der Waals surface area contributed by atoms with E-state index in [1.54, 1.807) is 0 Å². The average molecular weight is 473 g/mol. The molecule has 44 valence electrons. The Balaban J connectivity index is 0. The van der Waals surface area contributed by atoms with Gasteiger partial charge in [0, 0.05) is 78.6 Å². The van der Waals surface area contributed by atoms with E-state index in [0.29, 0.717) is 0 Å². The van der Waals surface area contributed by atoms with Crippen LogP contribution in [0.5, 0.6) is 0 Å². The summed E-state index contributed by atoms with van der Waals surface area (Å²) in [4.78, 5) is 0. The first-order valence-corrected chi connectivity index (χ1v) is 0. The van der Waals surface area contributed by atoms with Gasteiger partial charge in [0.15, 0.2) is 0 Å². The van der Waals surface area contributed by atoms with Gasteiger partial charge in [0.2, 0.25) is 0 Å². The molecule has 10 heavy (non-hydrogen) atoms. The molecule has 0 aromatic heterocycles. The molecule has 0 N–H and O–H groups in total. The molecule has 0 heterocycles. The fraction of sp³-hybridized carbons (Fsp3) is 0. The Hall–Kier alpha value is 4.63. The molecular weight excluding hydrogens is 473 g/mol. The summed E-state index contributed by atoms with van der Waals surface area (Å²) < 4.78 is 0. The minimum Gasteiger partial charge on any atom is -3.00 e. The second-order valence-electron chi connectivity index (χ2n) is 0. The Morgan fingerprint density at radius 3 is 0.300 bits per heavy atom. The third-order valence-corrected chi connectivity index (χ3v) is 0. The molecule has 0 aliphatic rings. The maximum Gasteiger partial charge on any atom is 4.00 e. The third-order valence-electron chi connectivity index (χ3n) is 0. The molecule has 0 saturated carbocycles. The third kappa shape index (κ3) is 79.7. The zero-order valence-electron chi connectivity index (χ0n) is 4.79. The van der Waals surface area contributed by atoms with E-state index in [9.17, 15) is 0 Å². The first kappa shape index (κ1) is 127. The van der Waals surface area contributed by atoms with Crippen molar-refractivity contribution in [3.05, 3.63) is 24.6 Å². The van der Waals surface area contributed by atoms with Crippen LogP contribution in [-0.2, 0) is 144 Å². The molecule has 0 bridgehead atoms. The summed E-state index contributed by atoms with van der Waals surface area (Å²) in [5, 5.41) is 0. The van der Waals surface area contributed by atoms with Gasteiger partial charge in [-0.15, -0.1) is 0 Å². The Morgan fingerprint density at radius 1 is 0.300 bits per heavy atom. The van der Waals surface area contributed by atoms with E-state index in [2.05, 4.69) is 0 Å². The van der Waals surface area contributed by atoms with E-state index in [4.69, 9.17) is 0 Å². The maximum absolute atomic E-state index is 0. The first-order chi connectivity index (χ1) is 0. The van der Waals surface area contributed by atoms with Gasteiger partial charge in [-0.25, -0.2) is 0 Å². The SMILES string of the molecule is [N-3].[N-3].[N-3].[N-3].[Ti+4].[Ti+4].[Ti+4].[Zr].[Zr].[Zr]. The molecule has 0 aromatic rings. The van der Waals surface area contributed by atoms with Crippen molar-refractivity contribution in [3.8, 4) is 0 Å². The summed E-state index contributed by atoms with van der Waals surface area (Å²) >= 11 is 0. The molecule has 0 atom stereocenters. The summed E-state index contributed by atoms with van der Waals surface area (Å²) in [6.45, 7) is 0. The largest absolute Gasteiger partial charge is 4.00 e. The molecule has 0 fully saturated rings. The van der Waals surface area contributed by atoms with Crippen LogP contribution in [0.25, 0.3) is 24.6 Å². The Bertz CT molecular complexity index is 15.7. The smallest absolute Gasteiger partial charge is 3.00 e. The average Bonchev–Trinajstić information content (AvgIpc) is 0. The molecule has 0 rings (SSSR count). The first-order valence-electron chi connectivity index (χ1n) is 0. The van der Waals surface area contributed by atoms with Crippen molar-refractivity contribution in [2.45, 2.75) is 0 Å². The monoisotopic (exact) mass is 470 g/mol. The van der Waals surface area contributed by atoms with Gasteiger partial charge < -0.3 is 24.6 Å². The summed E-state index contributed by atoms with van der Waals surface area (Å²) in [5.74, 6) is 0. The van der Waals surface area contributed by atoms with Gasteiger partial charge in [0.1, 0.15) is 0 Å². The molecule has 0 aliphatic heterocycles. The molecule has 0 aromatic carbocycles. The van der Waals surface area contributed by atoms with Gasteiger partial charge in [0.25, 0.3) is 0 Å². The van der Waals surface area contributed by atoms with E-state index in [0.717, 1.165) is 0 Å². The molecule has 0 saturated heterocycles. The maximum atomic E-state index is 0. The van der Waals surface area contributed by atoms with Gasteiger partial charge in [0.05, 0.1) is 0 Å². The summed E-state index contributed by atoms with van der Waals surface area (Å²) in [6, 6.07) is 0. The summed E-state index contributed by atoms with van der Waals surface area (Å²) in [5.41, 5.74) is 0. The number of nitrogens with zero attached hydrogens (tertiary/aromatic N) is 4. The van der Waals surface area contributed by atoms with Crippen LogP contribution >= 0.6 is 0 Å². The van der Waals surface area contributed by atoms with Crippen LogP contribution in [0.2, 0.25) is 0 Å². The number of hydrogen-bond acceptors (Lipinski definition) is 0. The fourth-order valence-corrected chi connectivity index (χ4v) is 0. The summed E-state index contributed by atoms with van der Waals surface area (Å²) in [6.07, 6.45) is 0. The van der Waals surface area contributed by atoms with E-state index in [-0.39, 0.29) is 168 Å². The minimum atomic E-state index is 0. The second kappa shape index (κ2) is 101. The van der Waals surface area contributed by atoms with Crippen LogP contribution < -0.4 is 0 Å². The molecule has 0 radical (unpaired) electrons. The molecular formula is N4Ti3Zr3. The second-order valence-corrected chi connectivity index (χ2v) is 0. The van der Waals surface area contributed by atoms with Crippen molar-refractivity contribution in [1.82, 2.24) is 0 Å². The van der Waals surface area contributed by atoms with E-state index >= 15 is 0 Å². The fourth-order valence-electron chi connectivity index (χ4n) is 0. The Kier molecular flexibility index (Phi) is 1280. The van der Waals surface area contributed by atoms with Crippen molar-refractivity contribution >= 4 is 0 Å². The normalized spacial score (nSPS) is 0. The molecule has 0 amide bonds. The zero-order chi connectivity index (χ0) is 0. The van der Waals surface area contributed by atoms with Gasteiger partial charge in [-0.1, -0.05) is 0 Å². The number of hydrogen-bond donors (Lipinski definition) is 0. The standard InChI is InChI=1S/4N.3Ti.3Zr/q4*-3;3*+4;;;.